The van der Waals surface area contributed by atoms with E-state index in [0.717, 1.165) is 0 Å². The average molecular weight is 260 g/mol. The Morgan fingerprint density at radius 3 is 2.95 bits per heavy atom. The number of hydrogen-bond donors (Lipinski definition) is 2. The van der Waals surface area contributed by atoms with Crippen LogP contribution in [0.5, 0.6) is 0 Å². The molecule has 0 spiro atoms. The van der Waals surface area contributed by atoms with Crippen molar-refractivity contribution in [1.82, 2.24) is 0 Å². The first-order valence-corrected chi connectivity index (χ1v) is 5.95. The van der Waals surface area contributed by atoms with Gasteiger partial charge in [0.25, 0.3) is 5.91 Å². The third-order valence-electron chi connectivity index (χ3n) is 2.58. The number of nitrogens with one attached hydrogen (secondary N) is 1. The summed E-state index contributed by atoms with van der Waals surface area (Å²) < 4.78 is 10.5. The second-order valence-electron chi connectivity index (χ2n) is 4.15. The lowest BCUT2D eigenvalue weighted by atomic mass is 10.2. The van der Waals surface area contributed by atoms with E-state index in [-0.39, 0.29) is 12.5 Å². The highest BCUT2D eigenvalue weighted by atomic mass is 16.5. The molecular formula is C14H16N2O3. The van der Waals surface area contributed by atoms with Crippen molar-refractivity contribution in [3.05, 3.63) is 48.4 Å². The molecule has 2 rings (SSSR count). The van der Waals surface area contributed by atoms with Gasteiger partial charge in [-0.25, -0.2) is 0 Å². The average Bonchev–Trinajstić information content (AvgIpc) is 2.89. The van der Waals surface area contributed by atoms with E-state index >= 15 is 0 Å². The van der Waals surface area contributed by atoms with Crippen molar-refractivity contribution in [1.29, 1.82) is 0 Å². The summed E-state index contributed by atoms with van der Waals surface area (Å²) >= 11 is 0. The molecule has 0 fully saturated rings. The van der Waals surface area contributed by atoms with Crippen LogP contribution in [0.25, 0.3) is 0 Å². The van der Waals surface area contributed by atoms with Crippen molar-refractivity contribution < 1.29 is 13.9 Å². The van der Waals surface area contributed by atoms with Gasteiger partial charge in [-0.2, -0.15) is 0 Å². The molecule has 0 aliphatic carbocycles. The maximum absolute atomic E-state index is 11.9. The van der Waals surface area contributed by atoms with Gasteiger partial charge >= 0.3 is 0 Å². The SMILES string of the molecule is CC(OCc1ccco1)C(=O)Nc1cccc(N)c1. The highest BCUT2D eigenvalue weighted by Gasteiger charge is 2.14. The highest BCUT2D eigenvalue weighted by Crippen LogP contribution is 2.13. The van der Waals surface area contributed by atoms with Gasteiger partial charge < -0.3 is 20.2 Å². The molecule has 5 heteroatoms. The molecule has 1 aromatic carbocycles. The van der Waals surface area contributed by atoms with Gasteiger partial charge in [0.05, 0.1) is 6.26 Å². The summed E-state index contributed by atoms with van der Waals surface area (Å²) in [6, 6.07) is 10.6. The molecule has 2 aromatic rings. The molecule has 0 saturated carbocycles. The zero-order valence-electron chi connectivity index (χ0n) is 10.6. The van der Waals surface area contributed by atoms with Crippen molar-refractivity contribution in [3.63, 3.8) is 0 Å². The number of rotatable bonds is 5. The normalized spacial score (nSPS) is 12.1. The largest absolute Gasteiger partial charge is 0.467 e. The summed E-state index contributed by atoms with van der Waals surface area (Å²) in [6.07, 6.45) is 0.988. The van der Waals surface area contributed by atoms with E-state index in [9.17, 15) is 4.79 Å². The van der Waals surface area contributed by atoms with Crippen molar-refractivity contribution >= 4 is 17.3 Å². The Kier molecular flexibility index (Phi) is 4.20. The second-order valence-corrected chi connectivity index (χ2v) is 4.15. The quantitative estimate of drug-likeness (QED) is 0.809. The maximum Gasteiger partial charge on any atom is 0.253 e. The van der Waals surface area contributed by atoms with Gasteiger partial charge in [-0.15, -0.1) is 0 Å². The van der Waals surface area contributed by atoms with Crippen LogP contribution in [0.4, 0.5) is 11.4 Å². The lowest BCUT2D eigenvalue weighted by molar-refractivity contribution is -0.127. The van der Waals surface area contributed by atoms with E-state index in [1.807, 2.05) is 0 Å². The number of carbonyl (C=O) groups excluding carboxylic acids is 1. The number of anilines is 2. The zero-order chi connectivity index (χ0) is 13.7. The molecule has 0 saturated heterocycles. The Labute approximate surface area is 111 Å². The Balaban J connectivity index is 1.85. The fourth-order valence-corrected chi connectivity index (χ4v) is 1.54. The van der Waals surface area contributed by atoms with Crippen molar-refractivity contribution in [2.45, 2.75) is 19.6 Å². The third-order valence-corrected chi connectivity index (χ3v) is 2.58. The molecule has 0 aliphatic rings. The fraction of sp³-hybridized carbons (Fsp3) is 0.214. The Morgan fingerprint density at radius 2 is 2.26 bits per heavy atom. The summed E-state index contributed by atoms with van der Waals surface area (Å²) in [5.74, 6) is 0.459. The standard InChI is InChI=1S/C14H16N2O3/c1-10(19-9-13-6-3-7-18-13)14(17)16-12-5-2-4-11(15)8-12/h2-8,10H,9,15H2,1H3,(H,16,17). The number of amides is 1. The summed E-state index contributed by atoms with van der Waals surface area (Å²) in [7, 11) is 0. The van der Waals surface area contributed by atoms with E-state index in [0.29, 0.717) is 17.1 Å². The lowest BCUT2D eigenvalue weighted by Crippen LogP contribution is -2.27. The molecule has 19 heavy (non-hydrogen) atoms. The van der Waals surface area contributed by atoms with E-state index in [1.54, 1.807) is 49.6 Å². The third kappa shape index (κ3) is 3.86. The van der Waals surface area contributed by atoms with E-state index in [4.69, 9.17) is 14.9 Å². The number of hydrogen-bond acceptors (Lipinski definition) is 4. The number of nitrogen functional groups attached to an aromatic ring is 1. The molecule has 1 amide bonds. The van der Waals surface area contributed by atoms with Gasteiger partial charge in [0.15, 0.2) is 0 Å². The molecule has 0 bridgehead atoms. The molecule has 1 atom stereocenters. The maximum atomic E-state index is 11.9. The smallest absolute Gasteiger partial charge is 0.253 e. The predicted octanol–water partition coefficient (Wildman–Crippen LogP) is 2.41. The van der Waals surface area contributed by atoms with Gasteiger partial charge in [0, 0.05) is 11.4 Å². The van der Waals surface area contributed by atoms with Gasteiger partial charge in [-0.05, 0) is 37.3 Å². The number of benzene rings is 1. The van der Waals surface area contributed by atoms with E-state index in [1.165, 1.54) is 0 Å². The van der Waals surface area contributed by atoms with Crippen molar-refractivity contribution in [2.24, 2.45) is 0 Å². The molecule has 3 N–H and O–H groups in total. The number of ether oxygens (including phenoxy) is 1. The lowest BCUT2D eigenvalue weighted by Gasteiger charge is -2.12. The molecule has 0 radical (unpaired) electrons. The van der Waals surface area contributed by atoms with Crippen LogP contribution in [0.2, 0.25) is 0 Å². The topological polar surface area (TPSA) is 77.5 Å². The number of furan rings is 1. The van der Waals surface area contributed by atoms with Gasteiger partial charge in [-0.3, -0.25) is 4.79 Å². The van der Waals surface area contributed by atoms with Crippen molar-refractivity contribution in [3.8, 4) is 0 Å². The van der Waals surface area contributed by atoms with Gasteiger partial charge in [0.1, 0.15) is 18.5 Å². The van der Waals surface area contributed by atoms with Crippen LogP contribution in [0.3, 0.4) is 0 Å². The van der Waals surface area contributed by atoms with Crippen LogP contribution < -0.4 is 11.1 Å². The molecular weight excluding hydrogens is 244 g/mol. The predicted molar refractivity (Wildman–Crippen MR) is 72.4 cm³/mol. The Bertz CT molecular complexity index is 537. The minimum Gasteiger partial charge on any atom is -0.467 e. The van der Waals surface area contributed by atoms with Crippen LogP contribution in [0.15, 0.2) is 47.1 Å². The van der Waals surface area contributed by atoms with Crippen LogP contribution in [-0.4, -0.2) is 12.0 Å². The summed E-state index contributed by atoms with van der Waals surface area (Å²) in [4.78, 5) is 11.9. The van der Waals surface area contributed by atoms with Crippen LogP contribution in [0, 0.1) is 0 Å². The van der Waals surface area contributed by atoms with Crippen LogP contribution >= 0.6 is 0 Å². The molecule has 0 aliphatic heterocycles. The number of nitrogens with two attached hydrogens (primary N) is 1. The van der Waals surface area contributed by atoms with Crippen LogP contribution in [-0.2, 0) is 16.1 Å². The highest BCUT2D eigenvalue weighted by molar-refractivity contribution is 5.94. The fourth-order valence-electron chi connectivity index (χ4n) is 1.54. The van der Waals surface area contributed by atoms with Crippen LogP contribution in [0.1, 0.15) is 12.7 Å². The summed E-state index contributed by atoms with van der Waals surface area (Å²) in [5.41, 5.74) is 6.89. The van der Waals surface area contributed by atoms with Crippen molar-refractivity contribution in [2.75, 3.05) is 11.1 Å². The minimum atomic E-state index is -0.577. The van der Waals surface area contributed by atoms with Gasteiger partial charge in [0.2, 0.25) is 0 Å². The first-order chi connectivity index (χ1) is 9.15. The van der Waals surface area contributed by atoms with E-state index < -0.39 is 6.10 Å². The first-order valence-electron chi connectivity index (χ1n) is 5.95. The van der Waals surface area contributed by atoms with Gasteiger partial charge in [-0.1, -0.05) is 6.07 Å². The molecule has 100 valence electrons. The number of carbonyl (C=O) groups is 1. The molecule has 1 unspecified atom stereocenters. The minimum absolute atomic E-state index is 0.225. The molecule has 1 heterocycles. The zero-order valence-corrected chi connectivity index (χ0v) is 10.6. The molecule has 1 aromatic heterocycles. The Hall–Kier alpha value is -2.27. The summed E-state index contributed by atoms with van der Waals surface area (Å²) in [6.45, 7) is 1.95. The van der Waals surface area contributed by atoms with E-state index in [2.05, 4.69) is 5.32 Å². The first kappa shape index (κ1) is 13.2. The Morgan fingerprint density at radius 1 is 1.42 bits per heavy atom. The molecule has 5 nitrogen and oxygen atoms in total. The second kappa shape index (κ2) is 6.06. The summed E-state index contributed by atoms with van der Waals surface area (Å²) in [5, 5.41) is 2.74. The monoisotopic (exact) mass is 260 g/mol.